The number of aromatic hydroxyl groups is 1. The van der Waals surface area contributed by atoms with Crippen molar-refractivity contribution in [2.75, 3.05) is 18.5 Å². The summed E-state index contributed by atoms with van der Waals surface area (Å²) in [5.74, 6) is -0.437. The molecule has 4 rings (SSSR count). The van der Waals surface area contributed by atoms with Gasteiger partial charge in [-0.2, -0.15) is 0 Å². The molecule has 0 radical (unpaired) electrons. The Hall–Kier alpha value is -2.72. The zero-order valence-corrected chi connectivity index (χ0v) is 20.4. The summed E-state index contributed by atoms with van der Waals surface area (Å²) in [6, 6.07) is 4.41. The van der Waals surface area contributed by atoms with Crippen LogP contribution >= 0.6 is 15.9 Å². The molecule has 1 aliphatic carbocycles. The van der Waals surface area contributed by atoms with Crippen LogP contribution in [0.15, 0.2) is 28.9 Å². The molecule has 0 bridgehead atoms. The second-order valence-electron chi connectivity index (χ2n) is 8.88. The second kappa shape index (κ2) is 11.1. The number of nitrogens with one attached hydrogen (secondary N) is 2. The molecule has 3 heterocycles. The van der Waals surface area contributed by atoms with E-state index in [1.165, 1.54) is 17.8 Å². The zero-order valence-electron chi connectivity index (χ0n) is 18.8. The fourth-order valence-electron chi connectivity index (χ4n) is 4.35. The number of nitrogens with zero attached hydrogens (tertiary/aromatic N) is 2. The van der Waals surface area contributed by atoms with Crippen molar-refractivity contribution in [3.05, 3.63) is 45.7 Å². The first kappa shape index (κ1) is 24.4. The lowest BCUT2D eigenvalue weighted by atomic mass is 9.79. The molecule has 9 nitrogen and oxygen atoms in total. The molecule has 1 saturated carbocycles. The van der Waals surface area contributed by atoms with Gasteiger partial charge in [0.1, 0.15) is 11.9 Å². The number of aryl methyl sites for hydroxylation is 2. The first-order chi connectivity index (χ1) is 16.4. The molecule has 0 aromatic carbocycles. The van der Waals surface area contributed by atoms with Gasteiger partial charge in [0, 0.05) is 42.0 Å². The molecule has 2 aliphatic rings. The Morgan fingerprint density at radius 1 is 1.32 bits per heavy atom. The average molecular weight is 533 g/mol. The van der Waals surface area contributed by atoms with Gasteiger partial charge in [0.05, 0.1) is 11.7 Å². The number of aliphatic carboxylic acids is 1. The van der Waals surface area contributed by atoms with Crippen molar-refractivity contribution in [1.29, 1.82) is 0 Å². The third-order valence-corrected chi connectivity index (χ3v) is 7.03. The maximum Gasteiger partial charge on any atom is 0.326 e. The average Bonchev–Trinajstić information content (AvgIpc) is 2.80. The van der Waals surface area contributed by atoms with Crippen molar-refractivity contribution < 1.29 is 24.5 Å². The van der Waals surface area contributed by atoms with Crippen LogP contribution in [0.5, 0.6) is 5.88 Å². The Kier molecular flexibility index (Phi) is 7.99. The quantitative estimate of drug-likeness (QED) is 0.366. The predicted octanol–water partition coefficient (Wildman–Crippen LogP) is 3.30. The summed E-state index contributed by atoms with van der Waals surface area (Å²) >= 11 is 3.18. The number of rotatable bonds is 10. The summed E-state index contributed by atoms with van der Waals surface area (Å²) in [6.45, 7) is 1.23. The number of aromatic nitrogens is 2. The summed E-state index contributed by atoms with van der Waals surface area (Å²) in [4.78, 5) is 32.4. The van der Waals surface area contributed by atoms with Crippen molar-refractivity contribution in [2.45, 2.75) is 57.1 Å². The lowest BCUT2D eigenvalue weighted by Crippen LogP contribution is -2.42. The number of carbonyl (C=O) groups excluding carboxylic acids is 1. The Morgan fingerprint density at radius 2 is 2.15 bits per heavy atom. The Bertz CT molecular complexity index is 1040. The van der Waals surface area contributed by atoms with E-state index in [0.717, 1.165) is 56.6 Å². The predicted molar refractivity (Wildman–Crippen MR) is 129 cm³/mol. The minimum atomic E-state index is -1.13. The van der Waals surface area contributed by atoms with Crippen molar-refractivity contribution in [2.24, 2.45) is 5.92 Å². The summed E-state index contributed by atoms with van der Waals surface area (Å²) in [5, 5.41) is 24.8. The normalized spacial score (nSPS) is 19.9. The number of carboxylic acids is 1. The van der Waals surface area contributed by atoms with Crippen LogP contribution in [0, 0.1) is 5.92 Å². The van der Waals surface area contributed by atoms with E-state index in [0.29, 0.717) is 10.4 Å². The minimum Gasteiger partial charge on any atom is -0.493 e. The number of hydrogen-bond donors (Lipinski definition) is 4. The smallest absolute Gasteiger partial charge is 0.326 e. The van der Waals surface area contributed by atoms with Crippen LogP contribution in [0.1, 0.15) is 53.7 Å². The van der Waals surface area contributed by atoms with E-state index in [2.05, 4.69) is 43.7 Å². The molecule has 182 valence electrons. The molecule has 2 aromatic heterocycles. The molecular weight excluding hydrogens is 504 g/mol. The van der Waals surface area contributed by atoms with E-state index in [-0.39, 0.29) is 30.6 Å². The van der Waals surface area contributed by atoms with Crippen LogP contribution in [-0.4, -0.2) is 57.4 Å². The maximum atomic E-state index is 12.4. The molecule has 4 N–H and O–H groups in total. The second-order valence-corrected chi connectivity index (χ2v) is 9.74. The fraction of sp³-hybridized carbons (Fsp3) is 0.500. The van der Waals surface area contributed by atoms with Crippen molar-refractivity contribution in [3.8, 4) is 5.88 Å². The third kappa shape index (κ3) is 6.24. The monoisotopic (exact) mass is 532 g/mol. The highest BCUT2D eigenvalue weighted by molar-refractivity contribution is 9.10. The third-order valence-electron chi connectivity index (χ3n) is 6.40. The Balaban J connectivity index is 1.16. The lowest BCUT2D eigenvalue weighted by Gasteiger charge is -2.35. The van der Waals surface area contributed by atoms with E-state index in [1.54, 1.807) is 0 Å². The van der Waals surface area contributed by atoms with Gasteiger partial charge in [0.2, 0.25) is 5.88 Å². The molecule has 34 heavy (non-hydrogen) atoms. The van der Waals surface area contributed by atoms with E-state index >= 15 is 0 Å². The van der Waals surface area contributed by atoms with Gasteiger partial charge in [-0.25, -0.2) is 14.8 Å². The lowest BCUT2D eigenvalue weighted by molar-refractivity contribution is -0.140. The van der Waals surface area contributed by atoms with E-state index in [4.69, 9.17) is 9.72 Å². The molecule has 10 heteroatoms. The van der Waals surface area contributed by atoms with Crippen LogP contribution in [-0.2, 0) is 22.4 Å². The van der Waals surface area contributed by atoms with E-state index < -0.39 is 17.9 Å². The van der Waals surface area contributed by atoms with Gasteiger partial charge in [0.15, 0.2) is 0 Å². The number of anilines is 1. The molecule has 0 saturated heterocycles. The SMILES string of the molecule is O=C(N[C@@H](CCO[C@H]1C[C@@H](CCc2ccc3c(n2)NCCC3)C1)C(=O)O)c1cc(O)ncc1Br. The van der Waals surface area contributed by atoms with Gasteiger partial charge in [0.25, 0.3) is 5.91 Å². The van der Waals surface area contributed by atoms with Gasteiger partial charge in [-0.3, -0.25) is 4.79 Å². The first-order valence-electron chi connectivity index (χ1n) is 11.6. The van der Waals surface area contributed by atoms with Crippen LogP contribution in [0.3, 0.4) is 0 Å². The van der Waals surface area contributed by atoms with Gasteiger partial charge < -0.3 is 25.6 Å². The number of carbonyl (C=O) groups is 2. The molecule has 2 aromatic rings. The van der Waals surface area contributed by atoms with Gasteiger partial charge in [-0.15, -0.1) is 0 Å². The van der Waals surface area contributed by atoms with Crippen molar-refractivity contribution in [1.82, 2.24) is 15.3 Å². The molecule has 0 spiro atoms. The number of pyridine rings is 2. The largest absolute Gasteiger partial charge is 0.493 e. The van der Waals surface area contributed by atoms with Crippen molar-refractivity contribution in [3.63, 3.8) is 0 Å². The highest BCUT2D eigenvalue weighted by Gasteiger charge is 2.30. The molecule has 1 atom stereocenters. The van der Waals surface area contributed by atoms with Crippen LogP contribution < -0.4 is 10.6 Å². The number of amides is 1. The topological polar surface area (TPSA) is 134 Å². The molecule has 1 aliphatic heterocycles. The van der Waals surface area contributed by atoms with Crippen LogP contribution in [0.25, 0.3) is 0 Å². The minimum absolute atomic E-state index is 0.116. The summed E-state index contributed by atoms with van der Waals surface area (Å²) in [5.41, 5.74) is 2.53. The molecule has 1 amide bonds. The highest BCUT2D eigenvalue weighted by Crippen LogP contribution is 2.34. The highest BCUT2D eigenvalue weighted by atomic mass is 79.9. The van der Waals surface area contributed by atoms with Crippen LogP contribution in [0.2, 0.25) is 0 Å². The van der Waals surface area contributed by atoms with Crippen molar-refractivity contribution >= 4 is 33.6 Å². The zero-order chi connectivity index (χ0) is 24.1. The molecule has 0 unspecified atom stereocenters. The van der Waals surface area contributed by atoms with Crippen LogP contribution in [0.4, 0.5) is 5.82 Å². The Morgan fingerprint density at radius 3 is 2.94 bits per heavy atom. The number of halogens is 1. The number of carboxylic acid groups (broad SMARTS) is 1. The van der Waals surface area contributed by atoms with Gasteiger partial charge >= 0.3 is 5.97 Å². The maximum absolute atomic E-state index is 12.4. The number of hydrogen-bond acceptors (Lipinski definition) is 7. The molecule has 1 fully saturated rings. The molecular formula is C24H29BrN4O5. The van der Waals surface area contributed by atoms with E-state index in [9.17, 15) is 19.8 Å². The van der Waals surface area contributed by atoms with Gasteiger partial charge in [-0.1, -0.05) is 6.07 Å². The fourth-order valence-corrected chi connectivity index (χ4v) is 4.75. The first-order valence-corrected chi connectivity index (χ1v) is 12.4. The summed E-state index contributed by atoms with van der Waals surface area (Å²) in [6.07, 6.45) is 7.73. The standard InChI is InChI=1S/C24H29BrN4O5/c25-19-13-27-21(30)12-18(19)23(31)29-20(24(32)33)7-9-34-17-10-14(11-17)3-5-16-6-4-15-2-1-8-26-22(15)28-16/h4,6,12-14,17,20H,1-3,5,7-11H2,(H,26,28)(H,27,30)(H,29,31)(H,32,33)/t14-,17+,20-/m0/s1. The summed E-state index contributed by atoms with van der Waals surface area (Å²) < 4.78 is 6.21. The van der Waals surface area contributed by atoms with Gasteiger partial charge in [-0.05, 0) is 72.0 Å². The van der Waals surface area contributed by atoms with E-state index in [1.807, 2.05) is 0 Å². The summed E-state index contributed by atoms with van der Waals surface area (Å²) in [7, 11) is 0. The number of ether oxygens (including phenoxy) is 1. The number of fused-ring (bicyclic) bond motifs is 1. The Labute approximate surface area is 206 Å².